The van der Waals surface area contributed by atoms with Crippen molar-refractivity contribution >= 4 is 16.1 Å². The number of nitrogens with two attached hydrogens (primary N) is 1. The Labute approximate surface area is 90.4 Å². The van der Waals surface area contributed by atoms with Crippen LogP contribution in [0.25, 0.3) is 0 Å². The summed E-state index contributed by atoms with van der Waals surface area (Å²) in [7, 11) is -2.09. The van der Waals surface area contributed by atoms with Gasteiger partial charge >= 0.3 is 6.09 Å². The summed E-state index contributed by atoms with van der Waals surface area (Å²) >= 11 is 0. The summed E-state index contributed by atoms with van der Waals surface area (Å²) in [6, 6.07) is 0. The molecule has 0 rings (SSSR count). The Morgan fingerprint density at radius 2 is 1.87 bits per heavy atom. The van der Waals surface area contributed by atoms with Crippen LogP contribution in [0.5, 0.6) is 0 Å². The van der Waals surface area contributed by atoms with E-state index >= 15 is 0 Å². The summed E-state index contributed by atoms with van der Waals surface area (Å²) < 4.78 is 26.3. The lowest BCUT2D eigenvalue weighted by atomic mass is 10.2. The van der Waals surface area contributed by atoms with Gasteiger partial charge in [0.15, 0.2) is 0 Å². The van der Waals surface area contributed by atoms with Crippen LogP contribution in [0.1, 0.15) is 20.8 Å². The highest BCUT2D eigenvalue weighted by Crippen LogP contribution is 2.08. The van der Waals surface area contributed by atoms with Gasteiger partial charge in [-0.1, -0.05) is 0 Å². The van der Waals surface area contributed by atoms with Gasteiger partial charge in [-0.3, -0.25) is 0 Å². The average Bonchev–Trinajstić information content (AvgIpc) is 1.95. The lowest BCUT2D eigenvalue weighted by Gasteiger charge is -2.24. The van der Waals surface area contributed by atoms with Gasteiger partial charge < -0.3 is 9.64 Å². The zero-order valence-electron chi connectivity index (χ0n) is 9.48. The second-order valence-electron chi connectivity index (χ2n) is 4.27. The molecule has 2 N–H and O–H groups in total. The minimum Gasteiger partial charge on any atom is -0.444 e. The summed E-state index contributed by atoms with van der Waals surface area (Å²) in [5.74, 6) is -0.275. The molecule has 6 nitrogen and oxygen atoms in total. The average molecular weight is 238 g/mol. The Balaban J connectivity index is 4.12. The zero-order valence-corrected chi connectivity index (χ0v) is 10.3. The van der Waals surface area contributed by atoms with E-state index in [-0.39, 0.29) is 12.3 Å². The Bertz CT molecular complexity index is 318. The second kappa shape index (κ2) is 4.80. The van der Waals surface area contributed by atoms with Crippen LogP contribution in [0.2, 0.25) is 0 Å². The molecular weight excluding hydrogens is 220 g/mol. The van der Waals surface area contributed by atoms with Gasteiger partial charge in [-0.05, 0) is 20.8 Å². The number of amides is 1. The van der Waals surface area contributed by atoms with Gasteiger partial charge in [-0.25, -0.2) is 18.4 Å². The molecule has 0 heterocycles. The topological polar surface area (TPSA) is 89.7 Å². The second-order valence-corrected chi connectivity index (χ2v) is 6.00. The number of nitrogens with zero attached hydrogens (tertiary/aromatic N) is 1. The van der Waals surface area contributed by atoms with E-state index in [0.29, 0.717) is 0 Å². The molecule has 0 fully saturated rings. The Morgan fingerprint density at radius 1 is 1.40 bits per heavy atom. The fourth-order valence-corrected chi connectivity index (χ4v) is 1.22. The summed E-state index contributed by atoms with van der Waals surface area (Å²) in [6.07, 6.45) is -0.564. The molecule has 0 aromatic heterocycles. The van der Waals surface area contributed by atoms with E-state index in [1.54, 1.807) is 20.8 Å². The molecule has 0 unspecified atom stereocenters. The van der Waals surface area contributed by atoms with E-state index < -0.39 is 21.7 Å². The summed E-state index contributed by atoms with van der Waals surface area (Å²) in [4.78, 5) is 12.5. The lowest BCUT2D eigenvalue weighted by molar-refractivity contribution is 0.0309. The van der Waals surface area contributed by atoms with Crippen LogP contribution >= 0.6 is 0 Å². The van der Waals surface area contributed by atoms with E-state index in [1.165, 1.54) is 11.9 Å². The Kier molecular flexibility index (Phi) is 4.54. The summed E-state index contributed by atoms with van der Waals surface area (Å²) in [5.41, 5.74) is -0.590. The van der Waals surface area contributed by atoms with Gasteiger partial charge in [-0.2, -0.15) is 0 Å². The number of hydrogen-bond acceptors (Lipinski definition) is 4. The van der Waals surface area contributed by atoms with Gasteiger partial charge in [0.1, 0.15) is 5.60 Å². The van der Waals surface area contributed by atoms with E-state index in [1.807, 2.05) is 0 Å². The third kappa shape index (κ3) is 8.19. The van der Waals surface area contributed by atoms with Crippen molar-refractivity contribution in [1.29, 1.82) is 0 Å². The molecule has 0 aliphatic heterocycles. The van der Waals surface area contributed by atoms with E-state index in [2.05, 4.69) is 0 Å². The number of hydrogen-bond donors (Lipinski definition) is 1. The molecule has 0 saturated heterocycles. The van der Waals surface area contributed by atoms with Gasteiger partial charge in [0.25, 0.3) is 0 Å². The van der Waals surface area contributed by atoms with Crippen molar-refractivity contribution < 1.29 is 17.9 Å². The molecular formula is C8H18N2O4S. The van der Waals surface area contributed by atoms with Crippen LogP contribution in [-0.4, -0.2) is 44.4 Å². The molecule has 15 heavy (non-hydrogen) atoms. The minimum absolute atomic E-state index is 0.0216. The predicted molar refractivity (Wildman–Crippen MR) is 56.8 cm³/mol. The molecule has 1 amide bonds. The van der Waals surface area contributed by atoms with Gasteiger partial charge in [0.05, 0.1) is 5.75 Å². The summed E-state index contributed by atoms with van der Waals surface area (Å²) in [6.45, 7) is 5.23. The molecule has 0 aromatic carbocycles. The molecule has 7 heteroatoms. The first-order chi connectivity index (χ1) is 6.51. The van der Waals surface area contributed by atoms with Crippen LogP contribution < -0.4 is 5.14 Å². The highest BCUT2D eigenvalue weighted by molar-refractivity contribution is 7.89. The zero-order chi connectivity index (χ0) is 12.3. The van der Waals surface area contributed by atoms with Crippen molar-refractivity contribution in [3.05, 3.63) is 0 Å². The maximum absolute atomic E-state index is 11.3. The van der Waals surface area contributed by atoms with Crippen LogP contribution in [-0.2, 0) is 14.8 Å². The predicted octanol–water partition coefficient (Wildman–Crippen LogP) is 0.142. The molecule has 90 valence electrons. The van der Waals surface area contributed by atoms with Crippen LogP contribution in [0.3, 0.4) is 0 Å². The fourth-order valence-electron chi connectivity index (χ4n) is 0.695. The molecule has 0 aliphatic rings. The first-order valence-corrected chi connectivity index (χ1v) is 6.17. The quantitative estimate of drug-likeness (QED) is 0.757. The molecule has 0 spiro atoms. The van der Waals surface area contributed by atoms with Crippen LogP contribution in [0.4, 0.5) is 4.79 Å². The smallest absolute Gasteiger partial charge is 0.410 e. The number of primary sulfonamides is 1. The van der Waals surface area contributed by atoms with Crippen molar-refractivity contribution in [2.24, 2.45) is 5.14 Å². The maximum atomic E-state index is 11.3. The molecule has 0 bridgehead atoms. The van der Waals surface area contributed by atoms with Crippen molar-refractivity contribution in [3.8, 4) is 0 Å². The molecule has 0 atom stereocenters. The van der Waals surface area contributed by atoms with Crippen LogP contribution in [0, 0.1) is 0 Å². The van der Waals surface area contributed by atoms with Crippen LogP contribution in [0.15, 0.2) is 0 Å². The van der Waals surface area contributed by atoms with Gasteiger partial charge in [0.2, 0.25) is 10.0 Å². The van der Waals surface area contributed by atoms with Gasteiger partial charge in [0, 0.05) is 13.6 Å². The number of ether oxygens (including phenoxy) is 1. The first-order valence-electron chi connectivity index (χ1n) is 4.46. The Morgan fingerprint density at radius 3 is 2.20 bits per heavy atom. The molecule has 0 aromatic rings. The third-order valence-electron chi connectivity index (χ3n) is 1.42. The lowest BCUT2D eigenvalue weighted by Crippen LogP contribution is -2.37. The van der Waals surface area contributed by atoms with E-state index in [9.17, 15) is 13.2 Å². The monoisotopic (exact) mass is 238 g/mol. The third-order valence-corrected chi connectivity index (χ3v) is 2.17. The molecule has 0 radical (unpaired) electrons. The highest BCUT2D eigenvalue weighted by Gasteiger charge is 2.20. The highest BCUT2D eigenvalue weighted by atomic mass is 32.2. The van der Waals surface area contributed by atoms with Crippen molar-refractivity contribution in [3.63, 3.8) is 0 Å². The number of carbonyl (C=O) groups is 1. The number of carbonyl (C=O) groups excluding carboxylic acids is 1. The maximum Gasteiger partial charge on any atom is 0.410 e. The summed E-state index contributed by atoms with van der Waals surface area (Å²) in [5, 5.41) is 4.80. The van der Waals surface area contributed by atoms with E-state index in [4.69, 9.17) is 9.88 Å². The Hall–Kier alpha value is -0.820. The number of sulfonamides is 1. The standard InChI is InChI=1S/C8H18N2O4S/c1-8(2,3)14-7(11)10(4)5-6-15(9,12)13/h5-6H2,1-4H3,(H2,9,12,13). The van der Waals surface area contributed by atoms with Gasteiger partial charge in [-0.15, -0.1) is 0 Å². The number of rotatable bonds is 3. The largest absolute Gasteiger partial charge is 0.444 e. The normalized spacial score (nSPS) is 12.3. The minimum atomic E-state index is -3.55. The van der Waals surface area contributed by atoms with E-state index in [0.717, 1.165) is 0 Å². The van der Waals surface area contributed by atoms with Crippen molar-refractivity contribution in [2.45, 2.75) is 26.4 Å². The van der Waals surface area contributed by atoms with Crippen molar-refractivity contribution in [2.75, 3.05) is 19.3 Å². The van der Waals surface area contributed by atoms with Crippen molar-refractivity contribution in [1.82, 2.24) is 4.90 Å². The SMILES string of the molecule is CN(CCS(N)(=O)=O)C(=O)OC(C)(C)C. The fraction of sp³-hybridized carbons (Fsp3) is 0.875. The first kappa shape index (κ1) is 14.2. The molecule has 0 saturated carbocycles. The molecule has 0 aliphatic carbocycles.